The molecular weight excluding hydrogens is 532 g/mol. The van der Waals surface area contributed by atoms with Gasteiger partial charge in [0, 0.05) is 44.5 Å². The van der Waals surface area contributed by atoms with Crippen molar-refractivity contribution in [2.75, 3.05) is 0 Å². The molecule has 8 nitrogen and oxygen atoms in total. The fraction of sp³-hybridized carbons (Fsp3) is 0.143. The topological polar surface area (TPSA) is 109 Å². The Kier molecular flexibility index (Phi) is 8.20. The molecule has 43 heavy (non-hydrogen) atoms. The minimum atomic E-state index is 0.521. The molecule has 0 spiro atoms. The zero-order valence-electron chi connectivity index (χ0n) is 25.0. The van der Waals surface area contributed by atoms with Crippen LogP contribution in [0.5, 0.6) is 0 Å². The molecule has 0 atom stereocenters. The van der Waals surface area contributed by atoms with E-state index in [1.54, 1.807) is 18.2 Å². The van der Waals surface area contributed by atoms with Crippen molar-refractivity contribution in [2.45, 2.75) is 34.1 Å². The molecule has 3 aromatic rings. The van der Waals surface area contributed by atoms with E-state index in [2.05, 4.69) is 36.3 Å². The molecule has 5 heterocycles. The number of hydrogen-bond donors (Lipinski definition) is 2. The maximum atomic E-state index is 5.04. The molecule has 8 heteroatoms. The lowest BCUT2D eigenvalue weighted by Gasteiger charge is -2.00. The van der Waals surface area contributed by atoms with E-state index >= 15 is 0 Å². The molecule has 0 fully saturated rings. The van der Waals surface area contributed by atoms with Crippen LogP contribution >= 0.6 is 0 Å². The van der Waals surface area contributed by atoms with Crippen LogP contribution in [-0.4, -0.2) is 39.9 Å². The van der Waals surface area contributed by atoms with E-state index in [0.717, 1.165) is 44.5 Å². The van der Waals surface area contributed by atoms with Crippen LogP contribution in [0.15, 0.2) is 62.8 Å². The fourth-order valence-electron chi connectivity index (χ4n) is 5.18. The predicted molar refractivity (Wildman–Crippen MR) is 181 cm³/mol. The molecule has 0 aliphatic carbocycles. The van der Waals surface area contributed by atoms with Gasteiger partial charge in [-0.05, 0) is 34.1 Å². The van der Waals surface area contributed by atoms with Crippen LogP contribution in [0.25, 0.3) is 69.2 Å². The van der Waals surface area contributed by atoms with Crippen molar-refractivity contribution < 1.29 is 0 Å². The number of H-pyrrole nitrogens is 2. The second kappa shape index (κ2) is 12.2. The second-order valence-corrected chi connectivity index (χ2v) is 9.80. The summed E-state index contributed by atoms with van der Waals surface area (Å²) in [6.45, 7) is 24.0. The van der Waals surface area contributed by atoms with Gasteiger partial charge in [-0.25, -0.2) is 29.9 Å². The summed E-state index contributed by atoms with van der Waals surface area (Å²) < 4.78 is 0. The summed E-state index contributed by atoms with van der Waals surface area (Å²) in [5.41, 5.74) is 9.01. The monoisotopic (exact) mass is 566 g/mol. The average molecular weight is 567 g/mol. The number of hydrogen-bond acceptors (Lipinski definition) is 6. The summed E-state index contributed by atoms with van der Waals surface area (Å²) in [5.74, 6) is 2.12. The van der Waals surface area contributed by atoms with Gasteiger partial charge in [0.05, 0.1) is 0 Å². The Morgan fingerprint density at radius 3 is 1.56 bits per heavy atom. The summed E-state index contributed by atoms with van der Waals surface area (Å²) >= 11 is 0. The summed E-state index contributed by atoms with van der Waals surface area (Å²) in [5, 5.41) is 0. The maximum Gasteiger partial charge on any atom is 0.164 e. The molecule has 3 aromatic heterocycles. The van der Waals surface area contributed by atoms with Crippen molar-refractivity contribution in [3.05, 3.63) is 108 Å². The van der Waals surface area contributed by atoms with Gasteiger partial charge in [-0.2, -0.15) is 0 Å². The molecule has 0 saturated heterocycles. The summed E-state index contributed by atoms with van der Waals surface area (Å²) in [4.78, 5) is 36.5. The minimum Gasteiger partial charge on any atom is -0.324 e. The Morgan fingerprint density at radius 2 is 1.00 bits per heavy atom. The minimum absolute atomic E-state index is 0.521. The maximum absolute atomic E-state index is 5.04. The smallest absolute Gasteiger partial charge is 0.164 e. The third kappa shape index (κ3) is 5.08. The normalized spacial score (nSPS) is 13.6. The molecule has 0 radical (unpaired) electrons. The number of rotatable bonds is 8. The van der Waals surface area contributed by atoms with Crippen LogP contribution < -0.4 is 0 Å². The predicted octanol–water partition coefficient (Wildman–Crippen LogP) is 8.43. The van der Waals surface area contributed by atoms with Crippen LogP contribution in [0.4, 0.5) is 0 Å². The lowest BCUT2D eigenvalue weighted by atomic mass is 10.1. The molecule has 0 unspecified atom stereocenters. The molecule has 2 aliphatic heterocycles. The highest BCUT2D eigenvalue weighted by atomic mass is 15.1. The van der Waals surface area contributed by atoms with E-state index in [9.17, 15) is 0 Å². The summed E-state index contributed by atoms with van der Waals surface area (Å²) in [6.07, 6.45) is 19.5. The van der Waals surface area contributed by atoms with Crippen LogP contribution in [0.2, 0.25) is 0 Å². The fourth-order valence-corrected chi connectivity index (χ4v) is 5.18. The number of fused-ring (bicyclic) bond motifs is 8. The van der Waals surface area contributed by atoms with Gasteiger partial charge in [-0.15, -0.1) is 6.58 Å². The van der Waals surface area contributed by atoms with Crippen molar-refractivity contribution in [3.63, 3.8) is 0 Å². The highest BCUT2D eigenvalue weighted by Gasteiger charge is 2.24. The molecule has 0 saturated carbocycles. The van der Waals surface area contributed by atoms with Gasteiger partial charge in [0.15, 0.2) is 23.3 Å². The molecule has 2 aliphatic rings. The largest absolute Gasteiger partial charge is 0.324 e. The van der Waals surface area contributed by atoms with Gasteiger partial charge in [0.2, 0.25) is 0 Å². The van der Waals surface area contributed by atoms with Crippen molar-refractivity contribution in [2.24, 2.45) is 0 Å². The lowest BCUT2D eigenvalue weighted by Crippen LogP contribution is -1.91. The van der Waals surface area contributed by atoms with Gasteiger partial charge < -0.3 is 9.97 Å². The molecule has 5 rings (SSSR count). The summed E-state index contributed by atoms with van der Waals surface area (Å²) in [7, 11) is 0. The zero-order valence-corrected chi connectivity index (χ0v) is 25.0. The third-order valence-corrected chi connectivity index (χ3v) is 7.15. The van der Waals surface area contributed by atoms with E-state index in [1.807, 2.05) is 70.2 Å². The average Bonchev–Trinajstić information content (AvgIpc) is 3.68. The Morgan fingerprint density at radius 1 is 0.535 bits per heavy atom. The Bertz CT molecular complexity index is 2000. The van der Waals surface area contributed by atoms with Gasteiger partial charge in [-0.3, -0.25) is 0 Å². The molecule has 0 aromatic carbocycles. The van der Waals surface area contributed by atoms with Crippen LogP contribution in [0.3, 0.4) is 0 Å². The highest BCUT2D eigenvalue weighted by Crippen LogP contribution is 2.34. The lowest BCUT2D eigenvalue weighted by molar-refractivity contribution is 1.05. The number of aromatic nitrogens is 8. The van der Waals surface area contributed by atoms with E-state index in [0.29, 0.717) is 52.3 Å². The summed E-state index contributed by atoms with van der Waals surface area (Å²) in [6, 6.07) is 0. The van der Waals surface area contributed by atoms with E-state index in [4.69, 9.17) is 29.9 Å². The molecule has 8 bridgehead atoms. The Labute approximate surface area is 251 Å². The van der Waals surface area contributed by atoms with E-state index < -0.39 is 0 Å². The van der Waals surface area contributed by atoms with Crippen molar-refractivity contribution >= 4 is 69.2 Å². The quantitative estimate of drug-likeness (QED) is 0.265. The van der Waals surface area contributed by atoms with Crippen LogP contribution in [0, 0.1) is 0 Å². The van der Waals surface area contributed by atoms with Crippen molar-refractivity contribution in [1.82, 2.24) is 39.9 Å². The van der Waals surface area contributed by atoms with Gasteiger partial charge >= 0.3 is 0 Å². The van der Waals surface area contributed by atoms with Gasteiger partial charge in [0.1, 0.15) is 22.6 Å². The number of nitrogens with one attached hydrogen (secondary N) is 2. The first-order chi connectivity index (χ1) is 20.9. The first kappa shape index (κ1) is 29.0. The Balaban J connectivity index is 2.08. The van der Waals surface area contributed by atoms with E-state index in [1.165, 1.54) is 0 Å². The van der Waals surface area contributed by atoms with Crippen molar-refractivity contribution in [1.29, 1.82) is 0 Å². The standard InChI is InChI=1S/C35H34N8/c1-9-16-24-20(8)28-36-32(24)40-30-22(14-6)21(13-5)29(38-30)39-31-23(15-7)25(17-10-2)33(41-31)42-35-27(19-12-4)26(18-11-3)34(37-28)43-35/h9-18H,4-7,19H2,1-3,8H3,(H2,36,37,38,39,40,41,42,43)/b16-9-,17-10-,18-11-. The second-order valence-electron chi connectivity index (χ2n) is 9.80. The molecule has 0 amide bonds. The van der Waals surface area contributed by atoms with Crippen LogP contribution in [0.1, 0.15) is 79.7 Å². The Hall–Kier alpha value is -5.50. The number of allylic oxidation sites excluding steroid dienone is 10. The highest BCUT2D eigenvalue weighted by molar-refractivity contribution is 5.97. The molecular formula is C35H34N8. The first-order valence-corrected chi connectivity index (χ1v) is 14.0. The van der Waals surface area contributed by atoms with Gasteiger partial charge in [-0.1, -0.05) is 80.5 Å². The SMILES string of the molecule is C=CCC1=C(/C=C\C)c2nc3nc(nc4[nH]c(nc5[nH]c(nc1n2)c(/C=C\C)c5C=C)c(C=C)c4C=C)C(/C=C\C)=C3C. The zero-order chi connectivity index (χ0) is 30.7. The molecule has 2 N–H and O–H groups in total. The number of aromatic amines is 2. The van der Waals surface area contributed by atoms with Gasteiger partial charge in [0.25, 0.3) is 0 Å². The number of nitrogens with zero attached hydrogens (tertiary/aromatic N) is 6. The van der Waals surface area contributed by atoms with E-state index in [-0.39, 0.29) is 0 Å². The molecule has 214 valence electrons. The third-order valence-electron chi connectivity index (χ3n) is 7.15. The van der Waals surface area contributed by atoms with Crippen molar-refractivity contribution in [3.8, 4) is 0 Å². The van der Waals surface area contributed by atoms with Crippen LogP contribution in [-0.2, 0) is 0 Å². The first-order valence-electron chi connectivity index (χ1n) is 14.0.